The van der Waals surface area contributed by atoms with Crippen molar-refractivity contribution in [3.05, 3.63) is 0 Å². The van der Waals surface area contributed by atoms with Gasteiger partial charge in [0.25, 0.3) is 0 Å². The molecule has 4 fully saturated rings. The minimum atomic E-state index is 0.856. The molecule has 0 radical (unpaired) electrons. The molecule has 4 aliphatic carbocycles. The highest BCUT2D eigenvalue weighted by Gasteiger charge is 2.53. The van der Waals surface area contributed by atoms with E-state index >= 15 is 0 Å². The molecular formula is C18H31N. The average molecular weight is 261 g/mol. The molecule has 0 aromatic rings. The molecule has 1 heteroatoms. The van der Waals surface area contributed by atoms with Gasteiger partial charge in [-0.2, -0.15) is 0 Å². The SMILES string of the molecule is CC1CCCC(NC2CC3CC2C2CCCC32)CC1. The molecule has 7 atom stereocenters. The maximum atomic E-state index is 4.12. The third-order valence-corrected chi connectivity index (χ3v) is 7.14. The Morgan fingerprint density at radius 1 is 0.737 bits per heavy atom. The van der Waals surface area contributed by atoms with Crippen molar-refractivity contribution in [2.24, 2.45) is 29.6 Å². The molecule has 4 saturated carbocycles. The molecule has 1 N–H and O–H groups in total. The number of hydrogen-bond donors (Lipinski definition) is 1. The van der Waals surface area contributed by atoms with Crippen molar-refractivity contribution in [3.8, 4) is 0 Å². The lowest BCUT2D eigenvalue weighted by Gasteiger charge is -2.34. The van der Waals surface area contributed by atoms with Crippen LogP contribution < -0.4 is 5.32 Å². The maximum Gasteiger partial charge on any atom is 0.0103 e. The van der Waals surface area contributed by atoms with Crippen LogP contribution in [0.25, 0.3) is 0 Å². The van der Waals surface area contributed by atoms with Gasteiger partial charge in [0.15, 0.2) is 0 Å². The summed E-state index contributed by atoms with van der Waals surface area (Å²) < 4.78 is 0. The van der Waals surface area contributed by atoms with Crippen LogP contribution in [0.15, 0.2) is 0 Å². The zero-order valence-corrected chi connectivity index (χ0v) is 12.6. The Kier molecular flexibility index (Phi) is 3.38. The van der Waals surface area contributed by atoms with Crippen molar-refractivity contribution in [2.45, 2.75) is 83.2 Å². The second-order valence-electron chi connectivity index (χ2n) is 8.24. The Labute approximate surface area is 118 Å². The van der Waals surface area contributed by atoms with E-state index < -0.39 is 0 Å². The molecule has 0 aromatic heterocycles. The Morgan fingerprint density at radius 2 is 1.58 bits per heavy atom. The fraction of sp³-hybridized carbons (Fsp3) is 1.00. The zero-order valence-electron chi connectivity index (χ0n) is 12.6. The monoisotopic (exact) mass is 261 g/mol. The minimum Gasteiger partial charge on any atom is -0.311 e. The summed E-state index contributed by atoms with van der Waals surface area (Å²) >= 11 is 0. The molecule has 0 aliphatic heterocycles. The van der Waals surface area contributed by atoms with Crippen molar-refractivity contribution in [1.29, 1.82) is 0 Å². The summed E-state index contributed by atoms with van der Waals surface area (Å²) in [6.45, 7) is 2.45. The van der Waals surface area contributed by atoms with Gasteiger partial charge in [0.1, 0.15) is 0 Å². The summed E-state index contributed by atoms with van der Waals surface area (Å²) in [5.74, 6) is 5.43. The van der Waals surface area contributed by atoms with Gasteiger partial charge in [0.05, 0.1) is 0 Å². The van der Waals surface area contributed by atoms with Crippen LogP contribution in [0.4, 0.5) is 0 Å². The highest BCUT2D eigenvalue weighted by atomic mass is 15.0. The first-order valence-corrected chi connectivity index (χ1v) is 9.07. The second-order valence-corrected chi connectivity index (χ2v) is 8.24. The van der Waals surface area contributed by atoms with Crippen LogP contribution in [0.5, 0.6) is 0 Å². The average Bonchev–Trinajstić information content (AvgIpc) is 3.04. The Balaban J connectivity index is 1.36. The van der Waals surface area contributed by atoms with E-state index in [4.69, 9.17) is 0 Å². The quantitative estimate of drug-likeness (QED) is 0.728. The zero-order chi connectivity index (χ0) is 12.8. The van der Waals surface area contributed by atoms with Gasteiger partial charge in [0, 0.05) is 12.1 Å². The summed E-state index contributed by atoms with van der Waals surface area (Å²) in [4.78, 5) is 0. The van der Waals surface area contributed by atoms with E-state index in [0.29, 0.717) is 0 Å². The third-order valence-electron chi connectivity index (χ3n) is 7.14. The van der Waals surface area contributed by atoms with E-state index in [9.17, 15) is 0 Å². The lowest BCUT2D eigenvalue weighted by atomic mass is 9.79. The topological polar surface area (TPSA) is 12.0 Å². The molecule has 0 amide bonds. The summed E-state index contributed by atoms with van der Waals surface area (Å²) in [6, 6.07) is 1.76. The fourth-order valence-electron chi connectivity index (χ4n) is 6.22. The van der Waals surface area contributed by atoms with Gasteiger partial charge in [0.2, 0.25) is 0 Å². The van der Waals surface area contributed by atoms with Crippen molar-refractivity contribution in [2.75, 3.05) is 0 Å². The Bertz CT molecular complexity index is 326. The molecule has 4 rings (SSSR count). The predicted octanol–water partition coefficient (Wildman–Crippen LogP) is 4.37. The molecule has 1 nitrogen and oxygen atoms in total. The van der Waals surface area contributed by atoms with Gasteiger partial charge < -0.3 is 5.32 Å². The molecule has 2 bridgehead atoms. The van der Waals surface area contributed by atoms with Crippen LogP contribution in [0.2, 0.25) is 0 Å². The van der Waals surface area contributed by atoms with Crippen LogP contribution >= 0.6 is 0 Å². The van der Waals surface area contributed by atoms with Gasteiger partial charge >= 0.3 is 0 Å². The highest BCUT2D eigenvalue weighted by molar-refractivity contribution is 5.06. The van der Waals surface area contributed by atoms with Gasteiger partial charge in [-0.25, -0.2) is 0 Å². The summed E-state index contributed by atoms with van der Waals surface area (Å²) in [5.41, 5.74) is 0. The molecule has 7 unspecified atom stereocenters. The standard InChI is InChI=1S/C18H31N/c1-12-4-2-5-14(9-8-12)19-18-11-13-10-17(18)16-7-3-6-15(13)16/h12-19H,2-11H2,1H3. The van der Waals surface area contributed by atoms with Crippen LogP contribution in [0, 0.1) is 29.6 Å². The molecule has 0 aromatic carbocycles. The van der Waals surface area contributed by atoms with Crippen LogP contribution in [-0.2, 0) is 0 Å². The fourth-order valence-corrected chi connectivity index (χ4v) is 6.22. The third kappa shape index (κ3) is 2.26. The smallest absolute Gasteiger partial charge is 0.0103 e. The largest absolute Gasteiger partial charge is 0.311 e. The van der Waals surface area contributed by atoms with Gasteiger partial charge in [-0.05, 0) is 74.5 Å². The molecule has 19 heavy (non-hydrogen) atoms. The van der Waals surface area contributed by atoms with E-state index in [2.05, 4.69) is 12.2 Å². The highest BCUT2D eigenvalue weighted by Crippen LogP contribution is 2.58. The maximum absolute atomic E-state index is 4.12. The van der Waals surface area contributed by atoms with Gasteiger partial charge in [-0.1, -0.05) is 26.2 Å². The van der Waals surface area contributed by atoms with Gasteiger partial charge in [-0.3, -0.25) is 0 Å². The molecular weight excluding hydrogens is 230 g/mol. The van der Waals surface area contributed by atoms with Crippen molar-refractivity contribution < 1.29 is 0 Å². The predicted molar refractivity (Wildman–Crippen MR) is 80.0 cm³/mol. The lowest BCUT2D eigenvalue weighted by molar-refractivity contribution is 0.194. The molecule has 108 valence electrons. The second kappa shape index (κ2) is 5.06. The Hall–Kier alpha value is -0.0400. The van der Waals surface area contributed by atoms with E-state index in [0.717, 1.165) is 41.7 Å². The van der Waals surface area contributed by atoms with Crippen LogP contribution in [-0.4, -0.2) is 12.1 Å². The number of fused-ring (bicyclic) bond motifs is 5. The molecule has 0 heterocycles. The van der Waals surface area contributed by atoms with Crippen molar-refractivity contribution >= 4 is 0 Å². The first kappa shape index (κ1) is 12.7. The summed E-state index contributed by atoms with van der Waals surface area (Å²) in [5, 5.41) is 4.12. The van der Waals surface area contributed by atoms with E-state index in [-0.39, 0.29) is 0 Å². The normalized spacial score (nSPS) is 53.2. The van der Waals surface area contributed by atoms with E-state index in [1.807, 2.05) is 0 Å². The summed E-state index contributed by atoms with van der Waals surface area (Å²) in [6.07, 6.45) is 15.1. The molecule has 0 saturated heterocycles. The van der Waals surface area contributed by atoms with Gasteiger partial charge in [-0.15, -0.1) is 0 Å². The first-order chi connectivity index (χ1) is 9.31. The van der Waals surface area contributed by atoms with E-state index in [1.165, 1.54) is 44.9 Å². The number of hydrogen-bond acceptors (Lipinski definition) is 1. The van der Waals surface area contributed by atoms with Crippen molar-refractivity contribution in [3.63, 3.8) is 0 Å². The lowest BCUT2D eigenvalue weighted by Crippen LogP contribution is -2.44. The van der Waals surface area contributed by atoms with Crippen LogP contribution in [0.1, 0.15) is 71.1 Å². The molecule has 4 aliphatic rings. The molecule has 0 spiro atoms. The first-order valence-electron chi connectivity index (χ1n) is 9.07. The summed E-state index contributed by atoms with van der Waals surface area (Å²) in [7, 11) is 0. The van der Waals surface area contributed by atoms with Crippen molar-refractivity contribution in [1.82, 2.24) is 5.32 Å². The van der Waals surface area contributed by atoms with Crippen LogP contribution in [0.3, 0.4) is 0 Å². The minimum absolute atomic E-state index is 0.856. The number of nitrogens with one attached hydrogen (secondary N) is 1. The number of rotatable bonds is 2. The Morgan fingerprint density at radius 3 is 2.53 bits per heavy atom. The van der Waals surface area contributed by atoms with E-state index in [1.54, 1.807) is 19.3 Å².